The van der Waals surface area contributed by atoms with Gasteiger partial charge in [-0.05, 0) is 37.0 Å². The lowest BCUT2D eigenvalue weighted by atomic mass is 9.67. The zero-order valence-corrected chi connectivity index (χ0v) is 12.1. The van der Waals surface area contributed by atoms with Crippen LogP contribution in [0.15, 0.2) is 29.4 Å². The monoisotopic (exact) mass is 291 g/mol. The van der Waals surface area contributed by atoms with Crippen LogP contribution in [0.2, 0.25) is 0 Å². The number of nitrogens with zero attached hydrogens (tertiary/aromatic N) is 1. The fourth-order valence-corrected chi connectivity index (χ4v) is 2.51. The molecule has 1 saturated carbocycles. The maximum Gasteiger partial charge on any atom is 0.233 e. The third-order valence-electron chi connectivity index (χ3n) is 4.10. The van der Waals surface area contributed by atoms with E-state index in [1.165, 1.54) is 0 Å². The summed E-state index contributed by atoms with van der Waals surface area (Å²) in [6, 6.07) is 7.71. The van der Waals surface area contributed by atoms with Crippen LogP contribution in [0.4, 0.5) is 0 Å². The quantitative estimate of drug-likeness (QED) is 0.318. The van der Waals surface area contributed by atoms with Gasteiger partial charge in [0, 0.05) is 6.54 Å². The zero-order valence-electron chi connectivity index (χ0n) is 12.1. The van der Waals surface area contributed by atoms with Gasteiger partial charge in [0.2, 0.25) is 5.91 Å². The van der Waals surface area contributed by atoms with Gasteiger partial charge in [-0.25, -0.2) is 0 Å². The lowest BCUT2D eigenvalue weighted by molar-refractivity contribution is -0.131. The molecular formula is C15H21N3O3. The van der Waals surface area contributed by atoms with E-state index in [4.69, 9.17) is 15.7 Å². The molecule has 0 radical (unpaired) electrons. The van der Waals surface area contributed by atoms with E-state index in [0.29, 0.717) is 19.4 Å². The average molecular weight is 291 g/mol. The van der Waals surface area contributed by atoms with E-state index in [1.807, 2.05) is 24.3 Å². The van der Waals surface area contributed by atoms with Crippen molar-refractivity contribution in [1.82, 2.24) is 5.32 Å². The van der Waals surface area contributed by atoms with Crippen molar-refractivity contribution in [2.24, 2.45) is 16.3 Å². The predicted octanol–water partition coefficient (Wildman–Crippen LogP) is 1.27. The van der Waals surface area contributed by atoms with Crippen LogP contribution in [0, 0.1) is 5.41 Å². The SMILES string of the molecule is COc1ccc(CCNC(=O)C2(/C(N)=N/O)CCC2)cc1. The van der Waals surface area contributed by atoms with Crippen molar-refractivity contribution in [1.29, 1.82) is 0 Å². The number of methoxy groups -OCH3 is 1. The largest absolute Gasteiger partial charge is 0.497 e. The number of ether oxygens (including phenoxy) is 1. The molecule has 0 aromatic heterocycles. The lowest BCUT2D eigenvalue weighted by Crippen LogP contribution is -2.54. The first-order chi connectivity index (χ1) is 10.1. The van der Waals surface area contributed by atoms with E-state index in [1.54, 1.807) is 7.11 Å². The Morgan fingerprint density at radius 1 is 1.43 bits per heavy atom. The number of oxime groups is 1. The van der Waals surface area contributed by atoms with Gasteiger partial charge >= 0.3 is 0 Å². The molecule has 1 aromatic carbocycles. The van der Waals surface area contributed by atoms with Gasteiger partial charge in [-0.2, -0.15) is 0 Å². The summed E-state index contributed by atoms with van der Waals surface area (Å²) in [6.45, 7) is 0.519. The van der Waals surface area contributed by atoms with Crippen LogP contribution < -0.4 is 15.8 Å². The molecule has 6 heteroatoms. The fraction of sp³-hybridized carbons (Fsp3) is 0.467. The molecule has 0 aliphatic heterocycles. The second-order valence-corrected chi connectivity index (χ2v) is 5.27. The molecule has 1 fully saturated rings. The minimum atomic E-state index is -0.811. The summed E-state index contributed by atoms with van der Waals surface area (Å²) in [4.78, 5) is 12.2. The molecule has 0 saturated heterocycles. The van der Waals surface area contributed by atoms with E-state index in [2.05, 4.69) is 10.5 Å². The highest BCUT2D eigenvalue weighted by atomic mass is 16.5. The zero-order chi connectivity index (χ0) is 15.3. The number of benzene rings is 1. The van der Waals surface area contributed by atoms with Crippen LogP contribution in [0.5, 0.6) is 5.75 Å². The number of nitrogens with two attached hydrogens (primary N) is 1. The maximum atomic E-state index is 12.2. The Bertz CT molecular complexity index is 521. The molecule has 0 spiro atoms. The van der Waals surface area contributed by atoms with E-state index in [9.17, 15) is 4.79 Å². The maximum absolute atomic E-state index is 12.2. The highest BCUT2D eigenvalue weighted by Crippen LogP contribution is 2.41. The summed E-state index contributed by atoms with van der Waals surface area (Å²) in [6.07, 6.45) is 2.92. The number of hydrogen-bond acceptors (Lipinski definition) is 4. The normalized spacial score (nSPS) is 16.9. The molecule has 1 aliphatic rings. The number of hydrogen-bond donors (Lipinski definition) is 3. The van der Waals surface area contributed by atoms with Crippen molar-refractivity contribution >= 4 is 11.7 Å². The van der Waals surface area contributed by atoms with Crippen molar-refractivity contribution in [3.05, 3.63) is 29.8 Å². The summed E-state index contributed by atoms with van der Waals surface area (Å²) < 4.78 is 5.10. The van der Waals surface area contributed by atoms with Gasteiger partial charge in [0.1, 0.15) is 11.2 Å². The lowest BCUT2D eigenvalue weighted by Gasteiger charge is -2.38. The molecule has 6 nitrogen and oxygen atoms in total. The minimum Gasteiger partial charge on any atom is -0.497 e. The molecule has 4 N–H and O–H groups in total. The van der Waals surface area contributed by atoms with Gasteiger partial charge in [0.15, 0.2) is 5.84 Å². The fourth-order valence-electron chi connectivity index (χ4n) is 2.51. The minimum absolute atomic E-state index is 0.00991. The Labute approximate surface area is 124 Å². The first-order valence-corrected chi connectivity index (χ1v) is 7.01. The van der Waals surface area contributed by atoms with Gasteiger partial charge in [0.25, 0.3) is 0 Å². The molecular weight excluding hydrogens is 270 g/mol. The molecule has 21 heavy (non-hydrogen) atoms. The second kappa shape index (κ2) is 6.47. The second-order valence-electron chi connectivity index (χ2n) is 5.27. The topological polar surface area (TPSA) is 96.9 Å². The van der Waals surface area contributed by atoms with Crippen molar-refractivity contribution in [3.8, 4) is 5.75 Å². The summed E-state index contributed by atoms with van der Waals surface area (Å²) in [5, 5.41) is 14.7. The molecule has 0 heterocycles. The average Bonchev–Trinajstić information content (AvgIpc) is 2.46. The van der Waals surface area contributed by atoms with Gasteiger partial charge in [-0.3, -0.25) is 4.79 Å². The van der Waals surface area contributed by atoms with Crippen LogP contribution in [0.1, 0.15) is 24.8 Å². The molecule has 1 amide bonds. The number of amidine groups is 1. The van der Waals surface area contributed by atoms with Crippen molar-refractivity contribution < 1.29 is 14.7 Å². The van der Waals surface area contributed by atoms with Crippen LogP contribution in [0.25, 0.3) is 0 Å². The van der Waals surface area contributed by atoms with E-state index >= 15 is 0 Å². The third kappa shape index (κ3) is 3.09. The third-order valence-corrected chi connectivity index (χ3v) is 4.10. The summed E-state index contributed by atoms with van der Waals surface area (Å²) >= 11 is 0. The Kier molecular flexibility index (Phi) is 4.67. The number of rotatable bonds is 6. The van der Waals surface area contributed by atoms with Gasteiger partial charge in [0.05, 0.1) is 7.11 Å². The van der Waals surface area contributed by atoms with Crippen LogP contribution in [-0.2, 0) is 11.2 Å². The summed E-state index contributed by atoms with van der Waals surface area (Å²) in [7, 11) is 1.63. The summed E-state index contributed by atoms with van der Waals surface area (Å²) in [5.41, 5.74) is 5.96. The van der Waals surface area contributed by atoms with Crippen LogP contribution >= 0.6 is 0 Å². The van der Waals surface area contributed by atoms with Gasteiger partial charge < -0.3 is 21.0 Å². The highest BCUT2D eigenvalue weighted by molar-refractivity contribution is 6.07. The molecule has 1 aromatic rings. The van der Waals surface area contributed by atoms with Crippen LogP contribution in [0.3, 0.4) is 0 Å². The predicted molar refractivity (Wildman–Crippen MR) is 79.4 cm³/mol. The number of carbonyl (C=O) groups is 1. The Morgan fingerprint density at radius 3 is 2.57 bits per heavy atom. The van der Waals surface area contributed by atoms with Crippen molar-refractivity contribution in [3.63, 3.8) is 0 Å². The summed E-state index contributed by atoms with van der Waals surface area (Å²) in [5.74, 6) is 0.663. The van der Waals surface area contributed by atoms with E-state index < -0.39 is 5.41 Å². The van der Waals surface area contributed by atoms with Crippen LogP contribution in [-0.4, -0.2) is 30.6 Å². The molecule has 114 valence electrons. The van der Waals surface area contributed by atoms with E-state index in [-0.39, 0.29) is 11.7 Å². The number of amides is 1. The van der Waals surface area contributed by atoms with E-state index in [0.717, 1.165) is 24.2 Å². The molecule has 2 rings (SSSR count). The Hall–Kier alpha value is -2.24. The first-order valence-electron chi connectivity index (χ1n) is 7.01. The van der Waals surface area contributed by atoms with Gasteiger partial charge in [-0.1, -0.05) is 23.7 Å². The molecule has 1 aliphatic carbocycles. The van der Waals surface area contributed by atoms with Crippen molar-refractivity contribution in [2.75, 3.05) is 13.7 Å². The molecule has 0 bridgehead atoms. The van der Waals surface area contributed by atoms with Crippen molar-refractivity contribution in [2.45, 2.75) is 25.7 Å². The standard InChI is InChI=1S/C15H21N3O3/c1-21-12-5-3-11(4-6-12)7-10-17-14(19)15(8-2-9-15)13(16)18-20/h3-6,20H,2,7-10H2,1H3,(H2,16,18)(H,17,19). The Morgan fingerprint density at radius 2 is 2.10 bits per heavy atom. The number of carbonyl (C=O) groups excluding carboxylic acids is 1. The first kappa shape index (κ1) is 15.2. The Balaban J connectivity index is 1.86. The molecule has 0 unspecified atom stereocenters. The number of nitrogens with one attached hydrogen (secondary N) is 1. The molecule has 0 atom stereocenters. The smallest absolute Gasteiger partial charge is 0.233 e. The highest BCUT2D eigenvalue weighted by Gasteiger charge is 2.48. The van der Waals surface area contributed by atoms with Gasteiger partial charge in [-0.15, -0.1) is 0 Å².